The van der Waals surface area contributed by atoms with Crippen LogP contribution in [-0.4, -0.2) is 41.4 Å². The van der Waals surface area contributed by atoms with Crippen LogP contribution in [0.2, 0.25) is 0 Å². The number of carboxylic acids is 1. The second-order valence-electron chi connectivity index (χ2n) is 9.37. The van der Waals surface area contributed by atoms with Crippen molar-refractivity contribution in [2.24, 2.45) is 17.6 Å². The lowest BCUT2D eigenvalue weighted by Gasteiger charge is -2.19. The monoisotopic (exact) mass is 411 g/mol. The van der Waals surface area contributed by atoms with Gasteiger partial charge in [0.2, 0.25) is 5.43 Å². The first kappa shape index (κ1) is 19.6. The van der Waals surface area contributed by atoms with Gasteiger partial charge in [0.1, 0.15) is 11.3 Å². The third-order valence-corrected chi connectivity index (χ3v) is 7.52. The Hall–Kier alpha value is -2.38. The molecule has 4 atom stereocenters. The van der Waals surface area contributed by atoms with Crippen molar-refractivity contribution in [1.29, 1.82) is 0 Å². The van der Waals surface area contributed by atoms with Crippen LogP contribution in [0.3, 0.4) is 0 Å². The summed E-state index contributed by atoms with van der Waals surface area (Å²) in [4.78, 5) is 24.5. The van der Waals surface area contributed by atoms with Crippen LogP contribution in [0.5, 0.6) is 5.75 Å². The Labute approximate surface area is 175 Å². The number of benzene rings is 1. The van der Waals surface area contributed by atoms with Gasteiger partial charge in [-0.1, -0.05) is 13.0 Å². The van der Waals surface area contributed by atoms with Crippen LogP contribution in [0.1, 0.15) is 60.5 Å². The van der Waals surface area contributed by atoms with Gasteiger partial charge in [-0.15, -0.1) is 0 Å². The first-order valence-corrected chi connectivity index (χ1v) is 10.8. The number of aromatic nitrogens is 1. The average molecular weight is 412 g/mol. The maximum atomic E-state index is 12.9. The van der Waals surface area contributed by atoms with E-state index >= 15 is 0 Å². The molecular weight excluding hydrogens is 382 g/mol. The molecule has 0 radical (unpaired) electrons. The molecule has 7 heteroatoms. The number of aromatic carboxylic acids is 1. The summed E-state index contributed by atoms with van der Waals surface area (Å²) in [5.41, 5.74) is 7.20. The summed E-state index contributed by atoms with van der Waals surface area (Å²) < 4.78 is 7.83. The Kier molecular flexibility index (Phi) is 4.45. The zero-order chi connectivity index (χ0) is 21.2. The number of methoxy groups -OCH3 is 1. The van der Waals surface area contributed by atoms with Crippen LogP contribution >= 0.6 is 0 Å². The third kappa shape index (κ3) is 2.87. The van der Waals surface area contributed by atoms with E-state index in [9.17, 15) is 14.7 Å². The molecule has 0 bridgehead atoms. The van der Waals surface area contributed by atoms with Crippen molar-refractivity contribution in [3.8, 4) is 5.75 Å². The minimum absolute atomic E-state index is 0.0841. The minimum atomic E-state index is -1.18. The normalized spacial score (nSPS) is 28.8. The van der Waals surface area contributed by atoms with Gasteiger partial charge in [0, 0.05) is 29.3 Å². The summed E-state index contributed by atoms with van der Waals surface area (Å²) in [6.45, 7) is 3.90. The molecule has 5 rings (SSSR count). The molecule has 4 N–H and O–H groups in total. The van der Waals surface area contributed by atoms with Gasteiger partial charge in [-0.05, 0) is 56.7 Å². The van der Waals surface area contributed by atoms with E-state index in [1.165, 1.54) is 6.20 Å². The van der Waals surface area contributed by atoms with Crippen molar-refractivity contribution in [3.63, 3.8) is 0 Å². The Morgan fingerprint density at radius 1 is 1.40 bits per heavy atom. The molecular formula is C23H29N3O4. The topological polar surface area (TPSA) is 107 Å². The van der Waals surface area contributed by atoms with Crippen molar-refractivity contribution in [3.05, 3.63) is 39.7 Å². The fourth-order valence-electron chi connectivity index (χ4n) is 5.39. The van der Waals surface area contributed by atoms with Gasteiger partial charge in [-0.3, -0.25) is 4.79 Å². The maximum Gasteiger partial charge on any atom is 0.341 e. The standard InChI is InChI=1S/C23H29N3O4/c1-12(9-24)13-7-23(25-10-13)8-18(23)15-5-6-16-19(21(15)30-2)26(14-3-4-14)11-17(20(16)27)22(28)29/h5-6,11-14,18,25H,3-4,7-10,24H2,1-2H3,(H,28,29)/t12-,13?,18?,23?/m1/s1. The van der Waals surface area contributed by atoms with Gasteiger partial charge >= 0.3 is 5.97 Å². The molecule has 0 amide bonds. The lowest BCUT2D eigenvalue weighted by Crippen LogP contribution is -2.25. The number of carboxylic acid groups (broad SMARTS) is 1. The third-order valence-electron chi connectivity index (χ3n) is 7.52. The van der Waals surface area contributed by atoms with Crippen LogP contribution in [-0.2, 0) is 0 Å². The summed E-state index contributed by atoms with van der Waals surface area (Å²) in [5.74, 6) is 0.928. The van der Waals surface area contributed by atoms with E-state index in [1.54, 1.807) is 13.2 Å². The number of nitrogens with two attached hydrogens (primary N) is 1. The van der Waals surface area contributed by atoms with Gasteiger partial charge in [-0.2, -0.15) is 0 Å². The highest BCUT2D eigenvalue weighted by atomic mass is 16.5. The van der Waals surface area contributed by atoms with Crippen LogP contribution in [0.25, 0.3) is 10.9 Å². The number of rotatable bonds is 6. The van der Waals surface area contributed by atoms with Crippen LogP contribution in [0.15, 0.2) is 23.1 Å². The van der Waals surface area contributed by atoms with E-state index in [2.05, 4.69) is 12.2 Å². The molecule has 2 aromatic rings. The highest BCUT2D eigenvalue weighted by molar-refractivity contribution is 5.95. The Morgan fingerprint density at radius 2 is 2.17 bits per heavy atom. The predicted molar refractivity (Wildman–Crippen MR) is 114 cm³/mol. The number of pyridine rings is 1. The molecule has 3 aliphatic rings. The number of nitrogens with zero attached hydrogens (tertiary/aromatic N) is 1. The van der Waals surface area contributed by atoms with Gasteiger partial charge < -0.3 is 25.5 Å². The molecule has 1 spiro atoms. The molecule has 1 saturated heterocycles. The van der Waals surface area contributed by atoms with E-state index < -0.39 is 11.4 Å². The maximum absolute atomic E-state index is 12.9. The van der Waals surface area contributed by atoms with Crippen molar-refractivity contribution in [2.45, 2.75) is 50.1 Å². The number of hydrogen-bond acceptors (Lipinski definition) is 5. The zero-order valence-electron chi connectivity index (χ0n) is 17.5. The molecule has 3 unspecified atom stereocenters. The van der Waals surface area contributed by atoms with Crippen molar-refractivity contribution in [1.82, 2.24) is 9.88 Å². The van der Waals surface area contributed by atoms with Crippen molar-refractivity contribution < 1.29 is 14.6 Å². The number of nitrogens with one attached hydrogen (secondary N) is 1. The van der Waals surface area contributed by atoms with Crippen molar-refractivity contribution in [2.75, 3.05) is 20.2 Å². The van der Waals surface area contributed by atoms with E-state index in [4.69, 9.17) is 10.5 Å². The van der Waals surface area contributed by atoms with E-state index in [1.807, 2.05) is 10.6 Å². The molecule has 3 fully saturated rings. The van der Waals surface area contributed by atoms with E-state index in [-0.39, 0.29) is 17.1 Å². The number of carbonyl (C=O) groups is 1. The summed E-state index contributed by atoms with van der Waals surface area (Å²) in [7, 11) is 1.64. The molecule has 30 heavy (non-hydrogen) atoms. The second-order valence-corrected chi connectivity index (χ2v) is 9.37. The zero-order valence-corrected chi connectivity index (χ0v) is 17.5. The molecule has 7 nitrogen and oxygen atoms in total. The lowest BCUT2D eigenvalue weighted by molar-refractivity contribution is 0.0695. The van der Waals surface area contributed by atoms with Crippen molar-refractivity contribution >= 4 is 16.9 Å². The van der Waals surface area contributed by atoms with Crippen LogP contribution in [0.4, 0.5) is 0 Å². The number of ether oxygens (including phenoxy) is 1. The highest BCUT2D eigenvalue weighted by Crippen LogP contribution is 2.60. The van der Waals surface area contributed by atoms with Gasteiger partial charge in [0.05, 0.1) is 18.0 Å². The fourth-order valence-corrected chi connectivity index (χ4v) is 5.39. The molecule has 160 valence electrons. The SMILES string of the molecule is COc1c(C2CC23CC([C@H](C)CN)CN3)ccc2c(=O)c(C(=O)O)cn(C3CC3)c12. The lowest BCUT2D eigenvalue weighted by atomic mass is 9.89. The molecule has 2 heterocycles. The average Bonchev–Trinajstić information content (AvgIpc) is 3.64. The molecule has 1 aromatic heterocycles. The first-order chi connectivity index (χ1) is 14.4. The Balaban J connectivity index is 1.60. The fraction of sp³-hybridized carbons (Fsp3) is 0.565. The summed E-state index contributed by atoms with van der Waals surface area (Å²) in [5, 5.41) is 13.7. The van der Waals surface area contributed by atoms with Crippen LogP contribution < -0.4 is 21.2 Å². The summed E-state index contributed by atoms with van der Waals surface area (Å²) >= 11 is 0. The second kappa shape index (κ2) is 6.82. The smallest absolute Gasteiger partial charge is 0.341 e. The van der Waals surface area contributed by atoms with Gasteiger partial charge in [0.25, 0.3) is 0 Å². The van der Waals surface area contributed by atoms with Crippen LogP contribution in [0, 0.1) is 11.8 Å². The molecule has 1 aromatic carbocycles. The van der Waals surface area contributed by atoms with E-state index in [0.717, 1.165) is 43.3 Å². The quantitative estimate of drug-likeness (QED) is 0.674. The number of hydrogen-bond donors (Lipinski definition) is 3. The summed E-state index contributed by atoms with van der Waals surface area (Å²) in [6, 6.07) is 3.98. The highest BCUT2D eigenvalue weighted by Gasteiger charge is 2.59. The van der Waals surface area contributed by atoms with E-state index in [0.29, 0.717) is 35.4 Å². The Morgan fingerprint density at radius 3 is 2.80 bits per heavy atom. The largest absolute Gasteiger partial charge is 0.494 e. The molecule has 2 saturated carbocycles. The van der Waals surface area contributed by atoms with Gasteiger partial charge in [0.15, 0.2) is 0 Å². The Bertz CT molecular complexity index is 1090. The van der Waals surface area contributed by atoms with Gasteiger partial charge in [-0.25, -0.2) is 4.79 Å². The first-order valence-electron chi connectivity index (χ1n) is 10.8. The number of fused-ring (bicyclic) bond motifs is 1. The minimum Gasteiger partial charge on any atom is -0.494 e. The molecule has 2 aliphatic carbocycles. The summed E-state index contributed by atoms with van der Waals surface area (Å²) in [6.07, 6.45) is 5.62. The molecule has 1 aliphatic heterocycles. The predicted octanol–water partition coefficient (Wildman–Crippen LogP) is 2.47.